The molecule has 0 aliphatic rings. The topological polar surface area (TPSA) is 235 Å². The maximum atomic E-state index is 14.0. The number of rotatable bonds is 16. The Morgan fingerprint density at radius 2 is 0.962 bits per heavy atom. The Hall–Kier alpha value is -6.41. The van der Waals surface area contributed by atoms with Crippen molar-refractivity contribution < 1.29 is 34.2 Å². The number of aromatic nitrogens is 3. The van der Waals surface area contributed by atoms with Gasteiger partial charge in [0.2, 0.25) is 17.7 Å². The Morgan fingerprint density at radius 3 is 1.44 bits per heavy atom. The van der Waals surface area contributed by atoms with E-state index in [0.29, 0.717) is 11.1 Å². The minimum absolute atomic E-state index is 0.00692. The van der Waals surface area contributed by atoms with E-state index < -0.39 is 60.2 Å². The second-order valence-corrected chi connectivity index (χ2v) is 12.8. The van der Waals surface area contributed by atoms with Crippen LogP contribution in [0.3, 0.4) is 0 Å². The number of nitrogens with one attached hydrogen (secondary N) is 6. The van der Waals surface area contributed by atoms with Crippen molar-refractivity contribution in [2.24, 2.45) is 5.73 Å². The first-order chi connectivity index (χ1) is 25.1. The quantitative estimate of drug-likeness (QED) is 0.0724. The summed E-state index contributed by atoms with van der Waals surface area (Å²) in [7, 11) is 0. The molecule has 0 spiro atoms. The van der Waals surface area contributed by atoms with Crippen LogP contribution in [0.2, 0.25) is 0 Å². The molecule has 10 N–H and O–H groups in total. The zero-order valence-corrected chi connectivity index (χ0v) is 28.0. The van der Waals surface area contributed by atoms with Gasteiger partial charge in [0, 0.05) is 70.6 Å². The largest absolute Gasteiger partial charge is 0.481 e. The molecule has 4 unspecified atom stereocenters. The number of hydrogen-bond acceptors (Lipinski definition) is 6. The van der Waals surface area contributed by atoms with Crippen molar-refractivity contribution in [3.05, 3.63) is 108 Å². The Bertz CT molecular complexity index is 2250. The van der Waals surface area contributed by atoms with E-state index in [9.17, 15) is 34.2 Å². The smallest absolute Gasteiger partial charge is 0.326 e. The summed E-state index contributed by atoms with van der Waals surface area (Å²) in [4.78, 5) is 74.4. The van der Waals surface area contributed by atoms with Crippen LogP contribution in [0.25, 0.3) is 32.7 Å². The number of aliphatic carboxylic acids is 2. The summed E-state index contributed by atoms with van der Waals surface area (Å²) in [6, 6.07) is 17.2. The fraction of sp³-hybridized carbons (Fsp3) is 0.237. The SMILES string of the molecule is NC(Cc1c[nH]c2ccccc12)C(=O)NC(Cc1c[nH]c2ccccc12)C(=O)NC(CCC(=O)O)C(=O)NC(Cc1c[nH]c2ccccc12)C(=O)O. The van der Waals surface area contributed by atoms with Gasteiger partial charge in [0.05, 0.1) is 6.04 Å². The molecule has 0 bridgehead atoms. The van der Waals surface area contributed by atoms with Gasteiger partial charge in [-0.15, -0.1) is 0 Å². The lowest BCUT2D eigenvalue weighted by Crippen LogP contribution is -2.58. The van der Waals surface area contributed by atoms with Gasteiger partial charge in [-0.1, -0.05) is 54.6 Å². The van der Waals surface area contributed by atoms with Crippen LogP contribution in [0, 0.1) is 0 Å². The fourth-order valence-corrected chi connectivity index (χ4v) is 6.44. The predicted octanol–water partition coefficient (Wildman–Crippen LogP) is 2.89. The van der Waals surface area contributed by atoms with E-state index in [1.54, 1.807) is 18.6 Å². The maximum absolute atomic E-state index is 14.0. The molecular weight excluding hydrogens is 666 g/mol. The highest BCUT2D eigenvalue weighted by Crippen LogP contribution is 2.22. The second-order valence-electron chi connectivity index (χ2n) is 12.8. The molecule has 3 heterocycles. The zero-order valence-electron chi connectivity index (χ0n) is 28.0. The van der Waals surface area contributed by atoms with Crippen molar-refractivity contribution in [3.8, 4) is 0 Å². The summed E-state index contributed by atoms with van der Waals surface area (Å²) < 4.78 is 0. The third-order valence-corrected chi connectivity index (χ3v) is 9.18. The van der Waals surface area contributed by atoms with Gasteiger partial charge in [0.1, 0.15) is 18.1 Å². The number of carboxylic acid groups (broad SMARTS) is 2. The summed E-state index contributed by atoms with van der Waals surface area (Å²) in [6.07, 6.45) is 4.45. The number of para-hydroxylation sites is 3. The molecule has 0 aliphatic carbocycles. The number of benzene rings is 3. The van der Waals surface area contributed by atoms with Gasteiger partial charge >= 0.3 is 11.9 Å². The molecule has 0 saturated carbocycles. The van der Waals surface area contributed by atoms with Crippen molar-refractivity contribution in [3.63, 3.8) is 0 Å². The lowest BCUT2D eigenvalue weighted by atomic mass is 10.0. The minimum Gasteiger partial charge on any atom is -0.481 e. The van der Waals surface area contributed by atoms with Crippen molar-refractivity contribution >= 4 is 62.4 Å². The van der Waals surface area contributed by atoms with Gasteiger partial charge in [-0.3, -0.25) is 19.2 Å². The average Bonchev–Trinajstić information content (AvgIpc) is 3.86. The molecule has 3 aromatic heterocycles. The van der Waals surface area contributed by atoms with Crippen molar-refractivity contribution in [2.75, 3.05) is 0 Å². The summed E-state index contributed by atoms with van der Waals surface area (Å²) in [5.41, 5.74) is 11.0. The van der Waals surface area contributed by atoms with Crippen LogP contribution in [-0.2, 0) is 43.2 Å². The summed E-state index contributed by atoms with van der Waals surface area (Å²) >= 11 is 0. The van der Waals surface area contributed by atoms with E-state index in [4.69, 9.17) is 5.73 Å². The molecule has 4 atom stereocenters. The highest BCUT2D eigenvalue weighted by atomic mass is 16.4. The van der Waals surface area contributed by atoms with E-state index in [1.165, 1.54) is 0 Å². The predicted molar refractivity (Wildman–Crippen MR) is 194 cm³/mol. The number of hydrogen-bond donors (Lipinski definition) is 9. The molecule has 268 valence electrons. The molecule has 6 aromatic rings. The molecule has 3 aromatic carbocycles. The highest BCUT2D eigenvalue weighted by Gasteiger charge is 2.32. The Balaban J connectivity index is 1.21. The number of amides is 3. The van der Waals surface area contributed by atoms with Crippen molar-refractivity contribution in [1.82, 2.24) is 30.9 Å². The van der Waals surface area contributed by atoms with Crippen LogP contribution in [-0.4, -0.2) is 79.0 Å². The summed E-state index contributed by atoms with van der Waals surface area (Å²) in [5.74, 6) is -4.79. The Labute approximate surface area is 297 Å². The molecule has 0 aliphatic heterocycles. The Kier molecular flexibility index (Phi) is 10.7. The standard InChI is InChI=1S/C38H39N7O7/c39-27(15-21-18-40-28-10-4-1-7-24(21)28)35(48)44-32(16-22-19-41-29-11-5-2-8-25(22)29)37(50)43-31(13-14-34(46)47)36(49)45-33(38(51)52)17-23-20-42-30-12-6-3-9-26(23)30/h1-12,18-20,27,31-33,40-42H,13-17,39H2,(H,43,50)(H,44,48)(H,45,49)(H,46,47)(H,51,52). The van der Waals surface area contributed by atoms with E-state index in [0.717, 1.165) is 38.3 Å². The number of nitrogens with two attached hydrogens (primary N) is 1. The monoisotopic (exact) mass is 705 g/mol. The fourth-order valence-electron chi connectivity index (χ4n) is 6.44. The molecule has 6 rings (SSSR count). The number of fused-ring (bicyclic) bond motifs is 3. The third-order valence-electron chi connectivity index (χ3n) is 9.18. The van der Waals surface area contributed by atoms with Gasteiger partial charge in [-0.25, -0.2) is 4.79 Å². The van der Waals surface area contributed by atoms with Gasteiger partial charge < -0.3 is 46.8 Å². The van der Waals surface area contributed by atoms with E-state index in [-0.39, 0.29) is 25.7 Å². The van der Waals surface area contributed by atoms with Crippen molar-refractivity contribution in [2.45, 2.75) is 56.3 Å². The number of carbonyl (C=O) groups excluding carboxylic acids is 3. The van der Waals surface area contributed by atoms with Gasteiger partial charge in [-0.2, -0.15) is 0 Å². The Morgan fingerprint density at radius 1 is 0.558 bits per heavy atom. The average molecular weight is 706 g/mol. The van der Waals surface area contributed by atoms with E-state index in [2.05, 4.69) is 30.9 Å². The minimum atomic E-state index is -1.43. The zero-order chi connectivity index (χ0) is 36.8. The second kappa shape index (κ2) is 15.6. The van der Waals surface area contributed by atoms with Crippen LogP contribution >= 0.6 is 0 Å². The number of H-pyrrole nitrogens is 3. The lowest BCUT2D eigenvalue weighted by Gasteiger charge is -2.25. The molecule has 3 amide bonds. The maximum Gasteiger partial charge on any atom is 0.326 e. The van der Waals surface area contributed by atoms with Crippen LogP contribution in [0.4, 0.5) is 0 Å². The van der Waals surface area contributed by atoms with E-state index in [1.807, 2.05) is 72.8 Å². The first-order valence-electron chi connectivity index (χ1n) is 16.8. The summed E-state index contributed by atoms with van der Waals surface area (Å²) in [6.45, 7) is 0. The van der Waals surface area contributed by atoms with Crippen LogP contribution < -0.4 is 21.7 Å². The number of carboxylic acids is 2. The van der Waals surface area contributed by atoms with Crippen LogP contribution in [0.1, 0.15) is 29.5 Å². The first kappa shape index (κ1) is 35.4. The third kappa shape index (κ3) is 8.13. The first-order valence-corrected chi connectivity index (χ1v) is 16.8. The highest BCUT2D eigenvalue weighted by molar-refractivity contribution is 5.96. The number of carbonyl (C=O) groups is 5. The summed E-state index contributed by atoms with van der Waals surface area (Å²) in [5, 5.41) is 29.8. The van der Waals surface area contributed by atoms with Gasteiger partial charge in [-0.05, 0) is 47.7 Å². The molecular formula is C38H39N7O7. The van der Waals surface area contributed by atoms with Crippen LogP contribution in [0.15, 0.2) is 91.4 Å². The van der Waals surface area contributed by atoms with E-state index >= 15 is 0 Å². The van der Waals surface area contributed by atoms with Gasteiger partial charge in [0.15, 0.2) is 0 Å². The molecule has 0 saturated heterocycles. The van der Waals surface area contributed by atoms with Gasteiger partial charge in [0.25, 0.3) is 0 Å². The lowest BCUT2D eigenvalue weighted by molar-refractivity contribution is -0.143. The molecule has 0 radical (unpaired) electrons. The molecule has 14 heteroatoms. The molecule has 14 nitrogen and oxygen atoms in total. The molecule has 0 fully saturated rings. The van der Waals surface area contributed by atoms with Crippen molar-refractivity contribution in [1.29, 1.82) is 0 Å². The normalized spacial score (nSPS) is 13.7. The number of aromatic amines is 3. The van der Waals surface area contributed by atoms with Crippen LogP contribution in [0.5, 0.6) is 0 Å². The molecule has 52 heavy (non-hydrogen) atoms.